The number of hydrogen-bond donors (Lipinski definition) is 2. The average molecular weight is 304 g/mol. The third kappa shape index (κ3) is 3.36. The molecule has 5 heteroatoms. The average Bonchev–Trinajstić information content (AvgIpc) is 2.43. The largest absolute Gasteiger partial charge is 0.399 e. The zero-order chi connectivity index (χ0) is 15.6. The Morgan fingerprint density at radius 2 is 1.71 bits per heavy atom. The van der Waals surface area contributed by atoms with E-state index in [4.69, 9.17) is 5.73 Å². The van der Waals surface area contributed by atoms with Crippen LogP contribution < -0.4 is 10.5 Å². The van der Waals surface area contributed by atoms with E-state index in [2.05, 4.69) is 11.6 Å². The summed E-state index contributed by atoms with van der Waals surface area (Å²) >= 11 is 0. The van der Waals surface area contributed by atoms with Crippen LogP contribution in [-0.4, -0.2) is 8.42 Å². The second-order valence-electron chi connectivity index (χ2n) is 5.12. The molecular formula is C16H20N2O2S. The summed E-state index contributed by atoms with van der Waals surface area (Å²) in [5.41, 5.74) is 9.49. The molecule has 0 heterocycles. The molecule has 0 saturated heterocycles. The molecule has 21 heavy (non-hydrogen) atoms. The Hall–Kier alpha value is -2.01. The van der Waals surface area contributed by atoms with Gasteiger partial charge in [0.05, 0.1) is 4.90 Å². The molecule has 2 aromatic carbocycles. The minimum atomic E-state index is -3.64. The molecule has 0 saturated carbocycles. The first-order valence-electron chi connectivity index (χ1n) is 6.82. The molecule has 0 bridgehead atoms. The van der Waals surface area contributed by atoms with Crippen molar-refractivity contribution >= 4 is 21.4 Å². The molecule has 0 aliphatic heterocycles. The van der Waals surface area contributed by atoms with Crippen LogP contribution in [0.15, 0.2) is 41.3 Å². The number of hydrogen-bond acceptors (Lipinski definition) is 3. The number of rotatable bonds is 4. The van der Waals surface area contributed by atoms with Crippen molar-refractivity contribution in [2.75, 3.05) is 10.5 Å². The van der Waals surface area contributed by atoms with Gasteiger partial charge in [0.1, 0.15) is 0 Å². The number of nitrogens with two attached hydrogens (primary N) is 1. The summed E-state index contributed by atoms with van der Waals surface area (Å²) < 4.78 is 27.6. The molecule has 0 amide bonds. The summed E-state index contributed by atoms with van der Waals surface area (Å²) in [6.45, 7) is 5.68. The summed E-state index contributed by atoms with van der Waals surface area (Å²) in [4.78, 5) is 0.222. The van der Waals surface area contributed by atoms with Gasteiger partial charge in [0, 0.05) is 11.4 Å². The first-order valence-corrected chi connectivity index (χ1v) is 8.30. The molecule has 0 atom stereocenters. The van der Waals surface area contributed by atoms with Gasteiger partial charge in [-0.2, -0.15) is 0 Å². The first-order chi connectivity index (χ1) is 9.83. The monoisotopic (exact) mass is 304 g/mol. The predicted octanol–water partition coefficient (Wildman–Crippen LogP) is 3.25. The van der Waals surface area contributed by atoms with Crippen molar-refractivity contribution in [1.82, 2.24) is 0 Å². The molecule has 3 N–H and O–H groups in total. The highest BCUT2D eigenvalue weighted by Gasteiger charge is 2.18. The molecule has 0 spiro atoms. The number of benzene rings is 2. The van der Waals surface area contributed by atoms with Gasteiger partial charge in [-0.3, -0.25) is 4.72 Å². The lowest BCUT2D eigenvalue weighted by molar-refractivity contribution is 0.600. The number of anilines is 2. The van der Waals surface area contributed by atoms with E-state index < -0.39 is 10.0 Å². The minimum absolute atomic E-state index is 0.222. The molecule has 0 radical (unpaired) electrons. The fourth-order valence-electron chi connectivity index (χ4n) is 2.15. The summed E-state index contributed by atoms with van der Waals surface area (Å²) in [7, 11) is -3.64. The Bertz CT molecular complexity index is 751. The van der Waals surface area contributed by atoms with Crippen molar-refractivity contribution in [1.29, 1.82) is 0 Å². The van der Waals surface area contributed by atoms with Gasteiger partial charge in [-0.25, -0.2) is 8.42 Å². The van der Waals surface area contributed by atoms with Crippen LogP contribution in [0.1, 0.15) is 23.6 Å². The Labute approximate surface area is 126 Å². The third-order valence-corrected chi connectivity index (χ3v) is 5.05. The second-order valence-corrected chi connectivity index (χ2v) is 6.77. The van der Waals surface area contributed by atoms with Gasteiger partial charge in [0.25, 0.3) is 10.0 Å². The van der Waals surface area contributed by atoms with Crippen LogP contribution in [0.3, 0.4) is 0 Å². The van der Waals surface area contributed by atoms with E-state index >= 15 is 0 Å². The number of sulfonamides is 1. The van der Waals surface area contributed by atoms with Gasteiger partial charge in [0.15, 0.2) is 0 Å². The van der Waals surface area contributed by atoms with Gasteiger partial charge in [-0.15, -0.1) is 0 Å². The van der Waals surface area contributed by atoms with Crippen molar-refractivity contribution in [3.63, 3.8) is 0 Å². The first kappa shape index (κ1) is 15.4. The van der Waals surface area contributed by atoms with Crippen LogP contribution in [0.4, 0.5) is 11.4 Å². The van der Waals surface area contributed by atoms with E-state index in [0.717, 1.165) is 17.5 Å². The Balaban J connectivity index is 2.38. The van der Waals surface area contributed by atoms with Crippen molar-refractivity contribution in [2.24, 2.45) is 0 Å². The van der Waals surface area contributed by atoms with Crippen LogP contribution in [0.2, 0.25) is 0 Å². The van der Waals surface area contributed by atoms with E-state index in [0.29, 0.717) is 16.9 Å². The van der Waals surface area contributed by atoms with E-state index in [9.17, 15) is 8.42 Å². The topological polar surface area (TPSA) is 72.2 Å². The van der Waals surface area contributed by atoms with Crippen LogP contribution >= 0.6 is 0 Å². The van der Waals surface area contributed by atoms with E-state index in [1.54, 1.807) is 25.1 Å². The SMILES string of the molecule is CCc1ccc(NS(=O)(=O)c2cc(N)cc(C)c2C)cc1. The summed E-state index contributed by atoms with van der Waals surface area (Å²) in [5.74, 6) is 0. The van der Waals surface area contributed by atoms with Crippen LogP contribution in [0.5, 0.6) is 0 Å². The number of aryl methyl sites for hydroxylation is 2. The lowest BCUT2D eigenvalue weighted by Crippen LogP contribution is -2.15. The third-order valence-electron chi connectivity index (χ3n) is 3.55. The standard InChI is InChI=1S/C16H20N2O2S/c1-4-13-5-7-15(8-6-13)18-21(19,20)16-10-14(17)9-11(2)12(16)3/h5-10,18H,4,17H2,1-3H3. The van der Waals surface area contributed by atoms with Crippen molar-refractivity contribution in [2.45, 2.75) is 32.1 Å². The molecule has 2 aromatic rings. The highest BCUT2D eigenvalue weighted by atomic mass is 32.2. The maximum absolute atomic E-state index is 12.5. The maximum atomic E-state index is 12.5. The molecule has 0 aliphatic rings. The lowest BCUT2D eigenvalue weighted by Gasteiger charge is -2.13. The highest BCUT2D eigenvalue weighted by molar-refractivity contribution is 7.92. The van der Waals surface area contributed by atoms with Crippen LogP contribution in [-0.2, 0) is 16.4 Å². The van der Waals surface area contributed by atoms with Gasteiger partial charge in [-0.05, 0) is 61.2 Å². The van der Waals surface area contributed by atoms with E-state index in [1.165, 1.54) is 6.07 Å². The Morgan fingerprint density at radius 3 is 2.29 bits per heavy atom. The fourth-order valence-corrected chi connectivity index (χ4v) is 3.56. The molecule has 2 rings (SSSR count). The second kappa shape index (κ2) is 5.77. The Morgan fingerprint density at radius 1 is 1.10 bits per heavy atom. The van der Waals surface area contributed by atoms with Crippen LogP contribution in [0, 0.1) is 13.8 Å². The molecule has 4 nitrogen and oxygen atoms in total. The summed E-state index contributed by atoms with van der Waals surface area (Å²) in [6.07, 6.45) is 0.917. The highest BCUT2D eigenvalue weighted by Crippen LogP contribution is 2.24. The fraction of sp³-hybridized carbons (Fsp3) is 0.250. The predicted molar refractivity (Wildman–Crippen MR) is 87.0 cm³/mol. The van der Waals surface area contributed by atoms with Crippen molar-refractivity contribution in [3.8, 4) is 0 Å². The van der Waals surface area contributed by atoms with Gasteiger partial charge in [-0.1, -0.05) is 19.1 Å². The zero-order valence-corrected chi connectivity index (χ0v) is 13.3. The zero-order valence-electron chi connectivity index (χ0n) is 12.5. The van der Waals surface area contributed by atoms with Crippen molar-refractivity contribution < 1.29 is 8.42 Å². The molecule has 0 aliphatic carbocycles. The summed E-state index contributed by atoms with van der Waals surface area (Å²) in [6, 6.07) is 10.6. The number of nitrogen functional groups attached to an aromatic ring is 1. The molecule has 0 unspecified atom stereocenters. The van der Waals surface area contributed by atoms with Gasteiger partial charge >= 0.3 is 0 Å². The smallest absolute Gasteiger partial charge is 0.262 e. The quantitative estimate of drug-likeness (QED) is 0.852. The summed E-state index contributed by atoms with van der Waals surface area (Å²) in [5, 5.41) is 0. The molecular weight excluding hydrogens is 284 g/mol. The van der Waals surface area contributed by atoms with Gasteiger partial charge < -0.3 is 5.73 Å². The minimum Gasteiger partial charge on any atom is -0.399 e. The normalized spacial score (nSPS) is 11.4. The van der Waals surface area contributed by atoms with E-state index in [1.807, 2.05) is 19.1 Å². The number of nitrogens with one attached hydrogen (secondary N) is 1. The molecule has 112 valence electrons. The molecule has 0 fully saturated rings. The van der Waals surface area contributed by atoms with E-state index in [-0.39, 0.29) is 4.90 Å². The lowest BCUT2D eigenvalue weighted by atomic mass is 10.1. The Kier molecular flexibility index (Phi) is 4.23. The molecule has 0 aromatic heterocycles. The maximum Gasteiger partial charge on any atom is 0.262 e. The van der Waals surface area contributed by atoms with Gasteiger partial charge in [0.2, 0.25) is 0 Å². The van der Waals surface area contributed by atoms with Crippen molar-refractivity contribution in [3.05, 3.63) is 53.1 Å². The van der Waals surface area contributed by atoms with Crippen LogP contribution in [0.25, 0.3) is 0 Å².